The maximum Gasteiger partial charge on any atom is 0.407 e. The fourth-order valence-corrected chi connectivity index (χ4v) is 3.38. The Kier molecular flexibility index (Phi) is 4.99. The van der Waals surface area contributed by atoms with Gasteiger partial charge in [-0.25, -0.2) is 9.89 Å². The van der Waals surface area contributed by atoms with Gasteiger partial charge in [0.15, 0.2) is 0 Å². The molecule has 24 heavy (non-hydrogen) atoms. The number of rotatable bonds is 3. The summed E-state index contributed by atoms with van der Waals surface area (Å²) in [4.78, 5) is 25.5. The Bertz CT molecular complexity index is 690. The Balaban J connectivity index is 1.56. The van der Waals surface area contributed by atoms with Crippen LogP contribution in [0, 0.1) is 11.3 Å². The number of anilines is 1. The zero-order valence-corrected chi connectivity index (χ0v) is 13.5. The van der Waals surface area contributed by atoms with Crippen LogP contribution in [-0.4, -0.2) is 41.5 Å². The van der Waals surface area contributed by atoms with Crippen LogP contribution in [0.3, 0.4) is 0 Å². The predicted octanol–water partition coefficient (Wildman–Crippen LogP) is 1.28. The lowest BCUT2D eigenvalue weighted by Crippen LogP contribution is -2.39. The van der Waals surface area contributed by atoms with Crippen molar-refractivity contribution in [1.29, 1.82) is 5.26 Å². The van der Waals surface area contributed by atoms with Gasteiger partial charge in [-0.3, -0.25) is 4.79 Å². The van der Waals surface area contributed by atoms with E-state index in [9.17, 15) is 9.59 Å². The first kappa shape index (κ1) is 16.3. The molecule has 1 amide bonds. The number of hydrogen-bond donors (Lipinski definition) is 2. The minimum absolute atomic E-state index is 0.0392. The third kappa shape index (κ3) is 3.67. The number of carbonyl (C=O) groups is 1. The molecule has 1 aromatic rings. The van der Waals surface area contributed by atoms with Crippen LogP contribution >= 0.6 is 0 Å². The number of nitriles is 1. The zero-order valence-electron chi connectivity index (χ0n) is 13.5. The van der Waals surface area contributed by atoms with E-state index < -0.39 is 5.56 Å². The van der Waals surface area contributed by atoms with Crippen molar-refractivity contribution >= 4 is 11.8 Å². The number of aromatic nitrogens is 2. The minimum Gasteiger partial charge on any atom is -0.444 e. The number of hydrogen-bond acceptors (Lipinski definition) is 6. The van der Waals surface area contributed by atoms with E-state index in [0.29, 0.717) is 25.2 Å². The molecule has 128 valence electrons. The lowest BCUT2D eigenvalue weighted by molar-refractivity contribution is 0.103. The molecule has 2 aliphatic rings. The van der Waals surface area contributed by atoms with E-state index in [-0.39, 0.29) is 23.8 Å². The summed E-state index contributed by atoms with van der Waals surface area (Å²) < 4.78 is 5.49. The first-order valence-electron chi connectivity index (χ1n) is 8.37. The van der Waals surface area contributed by atoms with Gasteiger partial charge in [0, 0.05) is 19.0 Å². The van der Waals surface area contributed by atoms with Crippen molar-refractivity contribution in [3.8, 4) is 6.07 Å². The first-order valence-corrected chi connectivity index (χ1v) is 8.37. The maximum absolute atomic E-state index is 12.0. The standard InChI is InChI=1S/C16H21N5O3/c17-8-13-14(9-18-20-15(13)22)21-7-6-12(10-21)24-16(23)19-11-4-2-1-3-5-11/h9,11-12H,1-7,10H2,(H,19,23)(H,20,22)/t12-/m1/s1. The maximum atomic E-state index is 12.0. The summed E-state index contributed by atoms with van der Waals surface area (Å²) in [6.07, 6.45) is 7.05. The van der Waals surface area contributed by atoms with Crippen molar-refractivity contribution in [1.82, 2.24) is 15.5 Å². The van der Waals surface area contributed by atoms with Gasteiger partial charge < -0.3 is 15.0 Å². The molecule has 1 aliphatic carbocycles. The Labute approximate surface area is 139 Å². The summed E-state index contributed by atoms with van der Waals surface area (Å²) in [6, 6.07) is 2.12. The largest absolute Gasteiger partial charge is 0.444 e. The van der Waals surface area contributed by atoms with Gasteiger partial charge in [0.25, 0.3) is 5.56 Å². The lowest BCUT2D eigenvalue weighted by atomic mass is 9.96. The van der Waals surface area contributed by atoms with E-state index >= 15 is 0 Å². The van der Waals surface area contributed by atoms with Crippen LogP contribution < -0.4 is 15.8 Å². The van der Waals surface area contributed by atoms with Crippen LogP contribution in [0.1, 0.15) is 44.1 Å². The van der Waals surface area contributed by atoms with Crippen molar-refractivity contribution in [3.05, 3.63) is 22.1 Å². The molecule has 1 aromatic heterocycles. The summed E-state index contributed by atoms with van der Waals surface area (Å²) in [6.45, 7) is 1.07. The number of nitrogens with zero attached hydrogens (tertiary/aromatic N) is 3. The van der Waals surface area contributed by atoms with Gasteiger partial charge in [0.2, 0.25) is 0 Å². The third-order valence-corrected chi connectivity index (χ3v) is 4.63. The van der Waals surface area contributed by atoms with Gasteiger partial charge >= 0.3 is 6.09 Å². The van der Waals surface area contributed by atoms with Gasteiger partial charge in [-0.1, -0.05) is 19.3 Å². The third-order valence-electron chi connectivity index (χ3n) is 4.63. The highest BCUT2D eigenvalue weighted by molar-refractivity contribution is 5.68. The van der Waals surface area contributed by atoms with Crippen molar-refractivity contribution in [3.63, 3.8) is 0 Å². The molecule has 0 unspecified atom stereocenters. The smallest absolute Gasteiger partial charge is 0.407 e. The molecule has 2 heterocycles. The Morgan fingerprint density at radius 3 is 2.92 bits per heavy atom. The zero-order chi connectivity index (χ0) is 16.9. The summed E-state index contributed by atoms with van der Waals surface area (Å²) >= 11 is 0. The Hall–Kier alpha value is -2.56. The number of nitrogens with one attached hydrogen (secondary N) is 2. The predicted molar refractivity (Wildman–Crippen MR) is 86.7 cm³/mol. The molecule has 1 atom stereocenters. The van der Waals surface area contributed by atoms with Crippen LogP contribution in [0.2, 0.25) is 0 Å². The number of alkyl carbamates (subject to hydrolysis) is 1. The Morgan fingerprint density at radius 1 is 1.38 bits per heavy atom. The molecule has 3 rings (SSSR count). The molecule has 1 saturated carbocycles. The molecule has 0 bridgehead atoms. The molecular formula is C16H21N5O3. The number of carbonyl (C=O) groups excluding carboxylic acids is 1. The fourth-order valence-electron chi connectivity index (χ4n) is 3.38. The highest BCUT2D eigenvalue weighted by Crippen LogP contribution is 2.23. The lowest BCUT2D eigenvalue weighted by Gasteiger charge is -2.23. The molecule has 8 heteroatoms. The minimum atomic E-state index is -0.505. The van der Waals surface area contributed by atoms with Gasteiger partial charge in [-0.05, 0) is 12.8 Å². The molecule has 0 radical (unpaired) electrons. The molecule has 2 fully saturated rings. The average molecular weight is 331 g/mol. The second-order valence-corrected chi connectivity index (χ2v) is 6.31. The van der Waals surface area contributed by atoms with Crippen molar-refractivity contribution in [2.45, 2.75) is 50.7 Å². The Morgan fingerprint density at radius 2 is 2.17 bits per heavy atom. The molecule has 2 N–H and O–H groups in total. The van der Waals surface area contributed by atoms with Crippen molar-refractivity contribution in [2.24, 2.45) is 0 Å². The topological polar surface area (TPSA) is 111 Å². The molecule has 1 aliphatic heterocycles. The van der Waals surface area contributed by atoms with Crippen LogP contribution in [0.15, 0.2) is 11.0 Å². The molecule has 0 aromatic carbocycles. The van der Waals surface area contributed by atoms with Crippen LogP contribution in [0.4, 0.5) is 10.5 Å². The van der Waals surface area contributed by atoms with Gasteiger partial charge in [0.1, 0.15) is 17.7 Å². The molecular weight excluding hydrogens is 310 g/mol. The average Bonchev–Trinajstić information content (AvgIpc) is 3.03. The highest BCUT2D eigenvalue weighted by atomic mass is 16.6. The first-order chi connectivity index (χ1) is 11.7. The SMILES string of the molecule is N#Cc1c(N2CC[C@@H](OC(=O)NC3CCCCC3)C2)cn[nH]c1=O. The van der Waals surface area contributed by atoms with E-state index in [4.69, 9.17) is 10.00 Å². The molecule has 1 saturated heterocycles. The van der Waals surface area contributed by atoms with Crippen LogP contribution in [0.25, 0.3) is 0 Å². The van der Waals surface area contributed by atoms with Crippen molar-refractivity contribution in [2.75, 3.05) is 18.0 Å². The number of ether oxygens (including phenoxy) is 1. The van der Waals surface area contributed by atoms with Crippen molar-refractivity contribution < 1.29 is 9.53 Å². The second-order valence-electron chi connectivity index (χ2n) is 6.31. The van der Waals surface area contributed by atoms with Crippen LogP contribution in [-0.2, 0) is 4.74 Å². The quantitative estimate of drug-likeness (QED) is 0.863. The summed E-state index contributed by atoms with van der Waals surface area (Å²) in [5.74, 6) is 0. The molecule has 0 spiro atoms. The van der Waals surface area contributed by atoms with Gasteiger partial charge in [0.05, 0.1) is 18.4 Å². The van der Waals surface area contributed by atoms with E-state index in [0.717, 1.165) is 25.7 Å². The van der Waals surface area contributed by atoms with E-state index in [1.165, 1.54) is 12.6 Å². The second kappa shape index (κ2) is 7.34. The summed E-state index contributed by atoms with van der Waals surface area (Å²) in [5, 5.41) is 18.1. The number of amides is 1. The van der Waals surface area contributed by atoms with E-state index in [2.05, 4.69) is 15.5 Å². The van der Waals surface area contributed by atoms with E-state index in [1.807, 2.05) is 11.0 Å². The number of H-pyrrole nitrogens is 1. The van der Waals surface area contributed by atoms with Crippen LogP contribution in [0.5, 0.6) is 0 Å². The van der Waals surface area contributed by atoms with Gasteiger partial charge in [-0.2, -0.15) is 10.4 Å². The summed E-state index contributed by atoms with van der Waals surface area (Å²) in [5.41, 5.74) is 0.0201. The van der Waals surface area contributed by atoms with E-state index in [1.54, 1.807) is 0 Å². The number of aromatic amines is 1. The monoisotopic (exact) mass is 331 g/mol. The highest BCUT2D eigenvalue weighted by Gasteiger charge is 2.29. The normalized spacial score (nSPS) is 21.3. The molecule has 8 nitrogen and oxygen atoms in total. The van der Waals surface area contributed by atoms with Gasteiger partial charge in [-0.15, -0.1) is 0 Å². The summed E-state index contributed by atoms with van der Waals surface area (Å²) in [7, 11) is 0. The fraction of sp³-hybridized carbons (Fsp3) is 0.625.